The highest BCUT2D eigenvalue weighted by atomic mass is 16.3. The van der Waals surface area contributed by atoms with Crippen molar-refractivity contribution >= 4 is 23.3 Å². The normalized spacial score (nSPS) is 25.1. The van der Waals surface area contributed by atoms with E-state index in [0.717, 1.165) is 30.8 Å². The Morgan fingerprint density at radius 2 is 1.97 bits per heavy atom. The maximum absolute atomic E-state index is 12.9. The molecule has 0 aromatic heterocycles. The first-order chi connectivity index (χ1) is 17.0. The first-order valence-corrected chi connectivity index (χ1v) is 12.5. The molecular formula is C27H31N5O3. The molecule has 1 spiro atoms. The lowest BCUT2D eigenvalue weighted by molar-refractivity contribution is -0.125. The summed E-state index contributed by atoms with van der Waals surface area (Å²) >= 11 is 0. The number of piperidine rings is 1. The lowest BCUT2D eigenvalue weighted by atomic mass is 9.79. The summed E-state index contributed by atoms with van der Waals surface area (Å²) in [5.41, 5.74) is 2.94. The van der Waals surface area contributed by atoms with Gasteiger partial charge in [-0.25, -0.2) is 0 Å². The van der Waals surface area contributed by atoms with E-state index in [4.69, 9.17) is 4.99 Å². The Hall–Kier alpha value is -3.39. The summed E-state index contributed by atoms with van der Waals surface area (Å²) in [7, 11) is 0. The number of benzene rings is 2. The average molecular weight is 474 g/mol. The highest BCUT2D eigenvalue weighted by Gasteiger charge is 2.50. The minimum atomic E-state index is -0.540. The molecule has 2 fully saturated rings. The van der Waals surface area contributed by atoms with Gasteiger partial charge in [0.25, 0.3) is 0 Å². The van der Waals surface area contributed by atoms with E-state index < -0.39 is 5.54 Å². The molecule has 182 valence electrons. The quantitative estimate of drug-likeness (QED) is 0.635. The zero-order chi connectivity index (χ0) is 24.0. The molecule has 2 amide bonds. The molecular weight excluding hydrogens is 442 g/mol. The van der Waals surface area contributed by atoms with Crippen LogP contribution < -0.4 is 15.5 Å². The van der Waals surface area contributed by atoms with E-state index in [0.29, 0.717) is 44.9 Å². The minimum absolute atomic E-state index is 0.0416. The number of phenols is 1. The molecule has 0 unspecified atom stereocenters. The Morgan fingerprint density at radius 3 is 2.77 bits per heavy atom. The zero-order valence-corrected chi connectivity index (χ0v) is 19.7. The van der Waals surface area contributed by atoms with Crippen LogP contribution in [0.25, 0.3) is 0 Å². The maximum atomic E-state index is 12.9. The number of nitrogens with zero attached hydrogens (tertiary/aromatic N) is 3. The highest BCUT2D eigenvalue weighted by molar-refractivity contribution is 6.00. The molecule has 35 heavy (non-hydrogen) atoms. The maximum Gasteiger partial charge on any atom is 0.247 e. The molecule has 8 nitrogen and oxygen atoms in total. The first-order valence-electron chi connectivity index (χ1n) is 12.5. The lowest BCUT2D eigenvalue weighted by Crippen LogP contribution is -2.57. The van der Waals surface area contributed by atoms with Gasteiger partial charge in [-0.3, -0.25) is 19.5 Å². The molecule has 3 heterocycles. The van der Waals surface area contributed by atoms with Crippen molar-refractivity contribution in [3.63, 3.8) is 0 Å². The van der Waals surface area contributed by atoms with Crippen LogP contribution in [0, 0.1) is 0 Å². The number of aryl methyl sites for hydroxylation is 1. The molecule has 0 saturated carbocycles. The third-order valence-corrected chi connectivity index (χ3v) is 8.17. The van der Waals surface area contributed by atoms with Gasteiger partial charge in [0.15, 0.2) is 0 Å². The van der Waals surface area contributed by atoms with E-state index in [1.807, 2.05) is 42.5 Å². The van der Waals surface area contributed by atoms with Gasteiger partial charge in [-0.05, 0) is 61.1 Å². The predicted molar refractivity (Wildman–Crippen MR) is 133 cm³/mol. The molecule has 2 aromatic carbocycles. The number of anilines is 1. The fourth-order valence-corrected chi connectivity index (χ4v) is 6.34. The van der Waals surface area contributed by atoms with E-state index in [-0.39, 0.29) is 23.8 Å². The number of phenolic OH excluding ortho intramolecular Hbond substituents is 1. The molecule has 2 aromatic rings. The third kappa shape index (κ3) is 3.95. The van der Waals surface area contributed by atoms with Crippen LogP contribution in [-0.4, -0.2) is 65.5 Å². The van der Waals surface area contributed by atoms with Crippen LogP contribution in [0.1, 0.15) is 42.7 Å². The van der Waals surface area contributed by atoms with Gasteiger partial charge in [-0.1, -0.05) is 24.3 Å². The second-order valence-corrected chi connectivity index (χ2v) is 10.2. The SMILES string of the molecule is O=C(CN1CCC2(CC1)C(=O)NCN2c1ccccc1)NC1=N[C@@H]2CCc3cc(O)ccc3[C@@H]2C1. The van der Waals surface area contributed by atoms with E-state index >= 15 is 0 Å². The number of para-hydroxylation sites is 1. The van der Waals surface area contributed by atoms with Crippen LogP contribution in [0.2, 0.25) is 0 Å². The summed E-state index contributed by atoms with van der Waals surface area (Å²) in [5, 5.41) is 15.9. The molecule has 3 aliphatic heterocycles. The zero-order valence-electron chi connectivity index (χ0n) is 19.7. The smallest absolute Gasteiger partial charge is 0.247 e. The van der Waals surface area contributed by atoms with Crippen molar-refractivity contribution in [3.8, 4) is 5.75 Å². The van der Waals surface area contributed by atoms with Gasteiger partial charge in [0.1, 0.15) is 17.1 Å². The Morgan fingerprint density at radius 1 is 1.17 bits per heavy atom. The van der Waals surface area contributed by atoms with Crippen molar-refractivity contribution in [1.29, 1.82) is 0 Å². The number of likely N-dealkylation sites (tertiary alicyclic amines) is 1. The highest BCUT2D eigenvalue weighted by Crippen LogP contribution is 2.41. The van der Waals surface area contributed by atoms with Crippen LogP contribution in [0.3, 0.4) is 0 Å². The molecule has 1 aliphatic carbocycles. The van der Waals surface area contributed by atoms with Gasteiger partial charge >= 0.3 is 0 Å². The van der Waals surface area contributed by atoms with Crippen molar-refractivity contribution in [2.45, 2.75) is 49.6 Å². The fourth-order valence-electron chi connectivity index (χ4n) is 6.34. The fraction of sp³-hybridized carbons (Fsp3) is 0.444. The number of carbonyl (C=O) groups is 2. The molecule has 6 rings (SSSR count). The van der Waals surface area contributed by atoms with Crippen molar-refractivity contribution in [1.82, 2.24) is 15.5 Å². The van der Waals surface area contributed by atoms with Crippen molar-refractivity contribution < 1.29 is 14.7 Å². The van der Waals surface area contributed by atoms with Crippen molar-refractivity contribution in [2.24, 2.45) is 4.99 Å². The number of nitrogens with one attached hydrogen (secondary N) is 2. The van der Waals surface area contributed by atoms with Crippen LogP contribution >= 0.6 is 0 Å². The van der Waals surface area contributed by atoms with E-state index in [1.165, 1.54) is 11.1 Å². The Labute approximate surface area is 205 Å². The summed E-state index contributed by atoms with van der Waals surface area (Å²) in [6.07, 6.45) is 3.95. The largest absolute Gasteiger partial charge is 0.508 e. The van der Waals surface area contributed by atoms with E-state index in [1.54, 1.807) is 6.07 Å². The summed E-state index contributed by atoms with van der Waals surface area (Å²) in [6.45, 7) is 2.22. The molecule has 0 bridgehead atoms. The monoisotopic (exact) mass is 473 g/mol. The first kappa shape index (κ1) is 22.1. The number of hydrogen-bond acceptors (Lipinski definition) is 6. The Kier molecular flexibility index (Phi) is 5.48. The number of hydrogen-bond donors (Lipinski definition) is 3. The Bertz CT molecular complexity index is 1170. The molecule has 2 atom stereocenters. The molecule has 3 N–H and O–H groups in total. The molecule has 2 saturated heterocycles. The topological polar surface area (TPSA) is 97.3 Å². The van der Waals surface area contributed by atoms with Gasteiger partial charge < -0.3 is 20.6 Å². The second-order valence-electron chi connectivity index (χ2n) is 10.2. The molecule has 8 heteroatoms. The number of aliphatic imine (C=N–C) groups is 1. The minimum Gasteiger partial charge on any atom is -0.508 e. The average Bonchev–Trinajstić information content (AvgIpc) is 3.41. The van der Waals surface area contributed by atoms with Crippen LogP contribution in [0.4, 0.5) is 5.69 Å². The third-order valence-electron chi connectivity index (χ3n) is 8.17. The molecule has 0 radical (unpaired) electrons. The van der Waals surface area contributed by atoms with Gasteiger partial charge in [0, 0.05) is 31.1 Å². The number of carbonyl (C=O) groups excluding carboxylic acids is 2. The summed E-state index contributed by atoms with van der Waals surface area (Å²) in [6, 6.07) is 15.9. The summed E-state index contributed by atoms with van der Waals surface area (Å²) in [5.74, 6) is 1.39. The Balaban J connectivity index is 1.05. The lowest BCUT2D eigenvalue weighted by Gasteiger charge is -2.43. The van der Waals surface area contributed by atoms with Gasteiger partial charge in [-0.2, -0.15) is 0 Å². The number of amides is 2. The van der Waals surface area contributed by atoms with Crippen LogP contribution in [0.5, 0.6) is 5.75 Å². The number of aromatic hydroxyl groups is 1. The predicted octanol–water partition coefficient (Wildman–Crippen LogP) is 2.14. The summed E-state index contributed by atoms with van der Waals surface area (Å²) < 4.78 is 0. The van der Waals surface area contributed by atoms with Crippen LogP contribution in [-0.2, 0) is 16.0 Å². The van der Waals surface area contributed by atoms with E-state index in [9.17, 15) is 14.7 Å². The van der Waals surface area contributed by atoms with E-state index in [2.05, 4.69) is 20.4 Å². The number of fused-ring (bicyclic) bond motifs is 3. The number of rotatable bonds is 3. The van der Waals surface area contributed by atoms with Gasteiger partial charge in [0.2, 0.25) is 11.8 Å². The number of amidine groups is 1. The molecule has 4 aliphatic rings. The second kappa shape index (κ2) is 8.68. The van der Waals surface area contributed by atoms with Crippen molar-refractivity contribution in [3.05, 3.63) is 59.7 Å². The van der Waals surface area contributed by atoms with Gasteiger partial charge in [-0.15, -0.1) is 0 Å². The standard InChI is InChI=1S/C27H31N5O3/c33-20-7-8-21-18(14-20)6-9-23-22(21)15-24(29-23)30-25(34)16-31-12-10-27(11-13-31)26(35)28-17-32(27)19-4-2-1-3-5-19/h1-5,7-8,14,22-23,33H,6,9-13,15-17H2,(H,28,35)(H,29,30,34)/t22-,23+/m0/s1. The van der Waals surface area contributed by atoms with Crippen molar-refractivity contribution in [2.75, 3.05) is 31.2 Å². The summed E-state index contributed by atoms with van der Waals surface area (Å²) in [4.78, 5) is 34.8. The van der Waals surface area contributed by atoms with Gasteiger partial charge in [0.05, 0.1) is 19.3 Å². The van der Waals surface area contributed by atoms with Crippen LogP contribution in [0.15, 0.2) is 53.5 Å².